The highest BCUT2D eigenvalue weighted by atomic mass is 35.5. The number of thiophene rings is 1. The first-order valence-corrected chi connectivity index (χ1v) is 6.32. The first-order chi connectivity index (χ1) is 8.13. The fourth-order valence-corrected chi connectivity index (χ4v) is 2.99. The molecule has 1 atom stereocenters. The van der Waals surface area contributed by atoms with Crippen molar-refractivity contribution in [2.45, 2.75) is 6.10 Å². The lowest BCUT2D eigenvalue weighted by Gasteiger charge is -2.12. The number of aromatic nitrogens is 1. The highest BCUT2D eigenvalue weighted by Crippen LogP contribution is 2.38. The summed E-state index contributed by atoms with van der Waals surface area (Å²) in [7, 11) is 1.52. The third-order valence-corrected chi connectivity index (χ3v) is 3.77. The van der Waals surface area contributed by atoms with Gasteiger partial charge in [-0.25, -0.2) is 0 Å². The second-order valence-electron chi connectivity index (χ2n) is 3.27. The topological polar surface area (TPSA) is 42.4 Å². The molecule has 90 valence electrons. The Hall–Kier alpha value is -0.810. The van der Waals surface area contributed by atoms with E-state index in [1.54, 1.807) is 24.4 Å². The van der Waals surface area contributed by atoms with Gasteiger partial charge in [-0.15, -0.1) is 11.3 Å². The van der Waals surface area contributed by atoms with Crippen LogP contribution in [0.5, 0.6) is 5.75 Å². The fourth-order valence-electron chi connectivity index (χ4n) is 1.47. The van der Waals surface area contributed by atoms with Crippen LogP contribution in [0, 0.1) is 0 Å². The zero-order valence-electron chi connectivity index (χ0n) is 8.85. The van der Waals surface area contributed by atoms with Crippen LogP contribution in [0.4, 0.5) is 0 Å². The number of aliphatic hydroxyl groups is 1. The van der Waals surface area contributed by atoms with Gasteiger partial charge in [0.1, 0.15) is 21.9 Å². The molecular weight excluding hydrogens is 281 g/mol. The number of methoxy groups -OCH3 is 1. The Morgan fingerprint density at radius 1 is 1.47 bits per heavy atom. The summed E-state index contributed by atoms with van der Waals surface area (Å²) in [5.41, 5.74) is 0.963. The molecule has 0 aliphatic rings. The quantitative estimate of drug-likeness (QED) is 0.940. The van der Waals surface area contributed by atoms with Crippen molar-refractivity contribution >= 4 is 34.5 Å². The Labute approximate surface area is 113 Å². The number of hydrogen-bond donors (Lipinski definition) is 1. The maximum absolute atomic E-state index is 10.2. The molecular formula is C11H9Cl2NO2S. The summed E-state index contributed by atoms with van der Waals surface area (Å²) in [6, 6.07) is 5.10. The van der Waals surface area contributed by atoms with Crippen molar-refractivity contribution in [2.75, 3.05) is 7.11 Å². The standard InChI is InChI=1S/C11H9Cl2NO2S/c1-16-7-3-2-4-14-9(7)10(15)6-5-8(12)17-11(6)13/h2-5,10,15H,1H3. The van der Waals surface area contributed by atoms with Gasteiger partial charge in [0.2, 0.25) is 0 Å². The molecule has 0 amide bonds. The first-order valence-electron chi connectivity index (χ1n) is 4.75. The van der Waals surface area contributed by atoms with Crippen LogP contribution in [0.1, 0.15) is 17.4 Å². The summed E-state index contributed by atoms with van der Waals surface area (Å²) < 4.78 is 6.12. The predicted octanol–water partition coefficient (Wildman–Crippen LogP) is 3.54. The van der Waals surface area contributed by atoms with Gasteiger partial charge in [-0.3, -0.25) is 4.98 Å². The van der Waals surface area contributed by atoms with E-state index in [4.69, 9.17) is 27.9 Å². The Kier molecular flexibility index (Phi) is 3.89. The molecule has 3 nitrogen and oxygen atoms in total. The molecule has 0 aliphatic heterocycles. The van der Waals surface area contributed by atoms with Crippen molar-refractivity contribution < 1.29 is 9.84 Å². The Balaban J connectivity index is 2.43. The Bertz CT molecular complexity index is 530. The zero-order chi connectivity index (χ0) is 12.4. The molecule has 17 heavy (non-hydrogen) atoms. The van der Waals surface area contributed by atoms with Crippen molar-refractivity contribution in [1.29, 1.82) is 0 Å². The molecule has 2 heterocycles. The van der Waals surface area contributed by atoms with Crippen LogP contribution in [0.25, 0.3) is 0 Å². The normalized spacial score (nSPS) is 12.5. The average Bonchev–Trinajstić information content (AvgIpc) is 2.67. The van der Waals surface area contributed by atoms with Gasteiger partial charge >= 0.3 is 0 Å². The molecule has 1 N–H and O–H groups in total. The van der Waals surface area contributed by atoms with E-state index in [1.165, 1.54) is 18.4 Å². The number of halogens is 2. The van der Waals surface area contributed by atoms with Gasteiger partial charge in [-0.05, 0) is 18.2 Å². The number of ether oxygens (including phenoxy) is 1. The minimum Gasteiger partial charge on any atom is -0.495 e. The second-order valence-corrected chi connectivity index (χ2v) is 5.56. The molecule has 0 bridgehead atoms. The van der Waals surface area contributed by atoms with Crippen LogP contribution in [-0.2, 0) is 0 Å². The molecule has 2 aromatic rings. The van der Waals surface area contributed by atoms with E-state index in [-0.39, 0.29) is 0 Å². The number of pyridine rings is 1. The molecule has 2 rings (SSSR count). The van der Waals surface area contributed by atoms with E-state index in [9.17, 15) is 5.11 Å². The molecule has 0 spiro atoms. The van der Waals surface area contributed by atoms with Gasteiger partial charge in [0.25, 0.3) is 0 Å². The average molecular weight is 290 g/mol. The van der Waals surface area contributed by atoms with Crippen molar-refractivity contribution in [3.05, 3.63) is 44.3 Å². The molecule has 1 unspecified atom stereocenters. The molecule has 0 radical (unpaired) electrons. The number of rotatable bonds is 3. The Morgan fingerprint density at radius 2 is 2.24 bits per heavy atom. The molecule has 0 aliphatic carbocycles. The van der Waals surface area contributed by atoms with E-state index >= 15 is 0 Å². The maximum atomic E-state index is 10.2. The minimum absolute atomic E-state index is 0.423. The van der Waals surface area contributed by atoms with E-state index in [1.807, 2.05) is 0 Å². The maximum Gasteiger partial charge on any atom is 0.143 e. The summed E-state index contributed by atoms with van der Waals surface area (Å²) in [5.74, 6) is 0.512. The third kappa shape index (κ3) is 2.55. The number of aliphatic hydroxyl groups excluding tert-OH is 1. The smallest absolute Gasteiger partial charge is 0.143 e. The minimum atomic E-state index is -0.942. The molecule has 0 aromatic carbocycles. The van der Waals surface area contributed by atoms with Crippen LogP contribution in [0.15, 0.2) is 24.4 Å². The number of nitrogens with zero attached hydrogens (tertiary/aromatic N) is 1. The van der Waals surface area contributed by atoms with Crippen LogP contribution in [0.2, 0.25) is 8.67 Å². The van der Waals surface area contributed by atoms with Gasteiger partial charge in [-0.2, -0.15) is 0 Å². The molecule has 0 fully saturated rings. The number of hydrogen-bond acceptors (Lipinski definition) is 4. The van der Waals surface area contributed by atoms with Gasteiger partial charge in [0, 0.05) is 11.8 Å². The van der Waals surface area contributed by atoms with Crippen molar-refractivity contribution in [3.63, 3.8) is 0 Å². The van der Waals surface area contributed by atoms with Crippen LogP contribution in [0.3, 0.4) is 0 Å². The van der Waals surface area contributed by atoms with Crippen LogP contribution >= 0.6 is 34.5 Å². The SMILES string of the molecule is COc1cccnc1C(O)c1cc(Cl)sc1Cl. The van der Waals surface area contributed by atoms with Gasteiger partial charge < -0.3 is 9.84 Å². The van der Waals surface area contributed by atoms with Crippen molar-refractivity contribution in [2.24, 2.45) is 0 Å². The van der Waals surface area contributed by atoms with Gasteiger partial charge in [-0.1, -0.05) is 23.2 Å². The lowest BCUT2D eigenvalue weighted by molar-refractivity contribution is 0.210. The van der Waals surface area contributed by atoms with Crippen LogP contribution < -0.4 is 4.74 Å². The summed E-state index contributed by atoms with van der Waals surface area (Å²) in [6.45, 7) is 0. The van der Waals surface area contributed by atoms with E-state index in [0.717, 1.165) is 0 Å². The van der Waals surface area contributed by atoms with Crippen molar-refractivity contribution in [3.8, 4) is 5.75 Å². The Morgan fingerprint density at radius 3 is 2.82 bits per heavy atom. The van der Waals surface area contributed by atoms with E-state index in [2.05, 4.69) is 4.98 Å². The largest absolute Gasteiger partial charge is 0.495 e. The van der Waals surface area contributed by atoms with Gasteiger partial charge in [0.15, 0.2) is 0 Å². The zero-order valence-corrected chi connectivity index (χ0v) is 11.2. The molecule has 6 heteroatoms. The first kappa shape index (κ1) is 12.6. The molecule has 2 aromatic heterocycles. The highest BCUT2D eigenvalue weighted by molar-refractivity contribution is 7.20. The lowest BCUT2D eigenvalue weighted by atomic mass is 10.1. The molecule has 0 saturated carbocycles. The van der Waals surface area contributed by atoms with E-state index < -0.39 is 6.10 Å². The van der Waals surface area contributed by atoms with Crippen molar-refractivity contribution in [1.82, 2.24) is 4.98 Å². The lowest BCUT2D eigenvalue weighted by Crippen LogP contribution is -2.04. The summed E-state index contributed by atoms with van der Waals surface area (Å²) in [6.07, 6.45) is 0.644. The summed E-state index contributed by atoms with van der Waals surface area (Å²) >= 11 is 13.0. The predicted molar refractivity (Wildman–Crippen MR) is 69.2 cm³/mol. The molecule has 0 saturated heterocycles. The van der Waals surface area contributed by atoms with Crippen LogP contribution in [-0.4, -0.2) is 17.2 Å². The summed E-state index contributed by atoms with van der Waals surface area (Å²) in [5, 5.41) is 10.2. The second kappa shape index (κ2) is 5.23. The van der Waals surface area contributed by atoms with Gasteiger partial charge in [0.05, 0.1) is 11.4 Å². The monoisotopic (exact) mass is 289 g/mol. The highest BCUT2D eigenvalue weighted by Gasteiger charge is 2.21. The fraction of sp³-hybridized carbons (Fsp3) is 0.182. The van der Waals surface area contributed by atoms with E-state index in [0.29, 0.717) is 25.7 Å². The third-order valence-electron chi connectivity index (χ3n) is 2.26. The summed E-state index contributed by atoms with van der Waals surface area (Å²) in [4.78, 5) is 4.10.